The first-order chi connectivity index (χ1) is 12.7. The van der Waals surface area contributed by atoms with Crippen LogP contribution in [0.15, 0.2) is 47.3 Å². The molecule has 0 radical (unpaired) electrons. The van der Waals surface area contributed by atoms with E-state index in [1.54, 1.807) is 13.2 Å². The number of ether oxygens (including phenoxy) is 2. The number of nitrogens with zero attached hydrogens (tertiary/aromatic N) is 1. The molecule has 0 fully saturated rings. The minimum Gasteiger partial charge on any atom is -0.493 e. The monoisotopic (exact) mass is 350 g/mol. The van der Waals surface area contributed by atoms with Crippen LogP contribution in [0.5, 0.6) is 11.5 Å². The normalized spacial score (nSPS) is 11.2. The van der Waals surface area contributed by atoms with E-state index in [4.69, 9.17) is 9.47 Å². The van der Waals surface area contributed by atoms with Crippen molar-refractivity contribution in [3.8, 4) is 11.5 Å². The molecule has 0 unspecified atom stereocenters. The molecule has 3 aromatic rings. The number of methoxy groups -OCH3 is 1. The van der Waals surface area contributed by atoms with Gasteiger partial charge in [0.15, 0.2) is 11.5 Å². The van der Waals surface area contributed by atoms with Gasteiger partial charge in [0.2, 0.25) is 0 Å². The van der Waals surface area contributed by atoms with Crippen LogP contribution in [0.4, 0.5) is 0 Å². The lowest BCUT2D eigenvalue weighted by molar-refractivity contribution is 0.288. The number of benzene rings is 2. The van der Waals surface area contributed by atoms with Crippen LogP contribution in [-0.4, -0.2) is 23.7 Å². The molecule has 2 aromatic carbocycles. The van der Waals surface area contributed by atoms with Gasteiger partial charge in [-0.05, 0) is 42.3 Å². The first kappa shape index (κ1) is 17.7. The minimum atomic E-state index is -0.216. The Morgan fingerprint density at radius 3 is 2.77 bits per heavy atom. The first-order valence-corrected chi connectivity index (χ1v) is 8.69. The number of hydrogen-bond donors (Lipinski definition) is 1. The quantitative estimate of drug-likeness (QED) is 0.646. The largest absolute Gasteiger partial charge is 0.493 e. The van der Waals surface area contributed by atoms with E-state index in [0.717, 1.165) is 35.2 Å². The molecule has 0 aliphatic rings. The van der Waals surface area contributed by atoms with Gasteiger partial charge in [-0.3, -0.25) is 4.79 Å². The number of para-hydroxylation sites is 2. The fourth-order valence-electron chi connectivity index (χ4n) is 2.57. The molecule has 5 nitrogen and oxygen atoms in total. The zero-order valence-electron chi connectivity index (χ0n) is 15.0. The van der Waals surface area contributed by atoms with E-state index in [9.17, 15) is 4.79 Å². The lowest BCUT2D eigenvalue weighted by Gasteiger charge is -2.10. The molecule has 0 saturated carbocycles. The van der Waals surface area contributed by atoms with Crippen molar-refractivity contribution in [2.45, 2.75) is 19.8 Å². The van der Waals surface area contributed by atoms with Crippen LogP contribution >= 0.6 is 0 Å². The van der Waals surface area contributed by atoms with Crippen molar-refractivity contribution in [1.29, 1.82) is 0 Å². The van der Waals surface area contributed by atoms with E-state index in [2.05, 4.69) is 16.9 Å². The maximum atomic E-state index is 12.2. The summed E-state index contributed by atoms with van der Waals surface area (Å²) in [5.41, 5.74) is 2.53. The van der Waals surface area contributed by atoms with E-state index >= 15 is 0 Å². The summed E-state index contributed by atoms with van der Waals surface area (Å²) < 4.78 is 11.1. The van der Waals surface area contributed by atoms with E-state index in [-0.39, 0.29) is 5.56 Å². The summed E-state index contributed by atoms with van der Waals surface area (Å²) in [6.07, 6.45) is 5.63. The second-order valence-corrected chi connectivity index (χ2v) is 5.91. The van der Waals surface area contributed by atoms with Gasteiger partial charge in [0, 0.05) is 0 Å². The van der Waals surface area contributed by atoms with Crippen molar-refractivity contribution in [2.24, 2.45) is 0 Å². The summed E-state index contributed by atoms with van der Waals surface area (Å²) in [5, 5.41) is 0. The van der Waals surface area contributed by atoms with Crippen molar-refractivity contribution in [3.05, 3.63) is 64.1 Å². The average molecular weight is 350 g/mol. The van der Waals surface area contributed by atoms with Crippen LogP contribution in [-0.2, 0) is 0 Å². The molecule has 0 aliphatic carbocycles. The Labute approximate surface area is 152 Å². The molecular formula is C21H22N2O3. The van der Waals surface area contributed by atoms with Crippen molar-refractivity contribution >= 4 is 23.2 Å². The maximum Gasteiger partial charge on any atom is 0.274 e. The summed E-state index contributed by atoms with van der Waals surface area (Å²) in [6, 6.07) is 13.2. The maximum absolute atomic E-state index is 12.2. The molecule has 0 aliphatic heterocycles. The second-order valence-electron chi connectivity index (χ2n) is 5.91. The Morgan fingerprint density at radius 2 is 1.96 bits per heavy atom. The Balaban J connectivity index is 1.84. The van der Waals surface area contributed by atoms with Gasteiger partial charge in [-0.15, -0.1) is 0 Å². The first-order valence-electron chi connectivity index (χ1n) is 8.69. The molecule has 0 atom stereocenters. The van der Waals surface area contributed by atoms with E-state index in [1.807, 2.05) is 48.5 Å². The van der Waals surface area contributed by atoms with Gasteiger partial charge in [-0.2, -0.15) is 0 Å². The highest BCUT2D eigenvalue weighted by molar-refractivity contribution is 5.76. The molecule has 1 aromatic heterocycles. The average Bonchev–Trinajstić information content (AvgIpc) is 2.67. The smallest absolute Gasteiger partial charge is 0.274 e. The Bertz CT molecular complexity index is 976. The molecule has 0 saturated heterocycles. The molecule has 3 rings (SSSR count). The Kier molecular flexibility index (Phi) is 5.69. The Morgan fingerprint density at radius 1 is 1.12 bits per heavy atom. The van der Waals surface area contributed by atoms with Gasteiger partial charge >= 0.3 is 0 Å². The van der Waals surface area contributed by atoms with E-state index in [1.165, 1.54) is 0 Å². The topological polar surface area (TPSA) is 64.2 Å². The number of H-pyrrole nitrogens is 1. The van der Waals surface area contributed by atoms with Crippen LogP contribution in [0.3, 0.4) is 0 Å². The third-order valence-corrected chi connectivity index (χ3v) is 4.00. The number of aromatic amines is 1. The third-order valence-electron chi connectivity index (χ3n) is 4.00. The van der Waals surface area contributed by atoms with E-state index < -0.39 is 0 Å². The molecule has 0 amide bonds. The summed E-state index contributed by atoms with van der Waals surface area (Å²) in [4.78, 5) is 19.4. The van der Waals surface area contributed by atoms with Crippen molar-refractivity contribution in [3.63, 3.8) is 0 Å². The minimum absolute atomic E-state index is 0.216. The molecule has 1 heterocycles. The fourth-order valence-corrected chi connectivity index (χ4v) is 2.57. The summed E-state index contributed by atoms with van der Waals surface area (Å²) in [6.45, 7) is 2.79. The van der Waals surface area contributed by atoms with E-state index in [0.29, 0.717) is 18.1 Å². The van der Waals surface area contributed by atoms with Crippen LogP contribution in [0.25, 0.3) is 23.2 Å². The van der Waals surface area contributed by atoms with Gasteiger partial charge in [0.1, 0.15) is 5.69 Å². The second kappa shape index (κ2) is 8.34. The molecule has 26 heavy (non-hydrogen) atoms. The third kappa shape index (κ3) is 4.11. The predicted octanol–water partition coefficient (Wildman–Crippen LogP) is 4.28. The van der Waals surface area contributed by atoms with Gasteiger partial charge < -0.3 is 14.5 Å². The van der Waals surface area contributed by atoms with Crippen LogP contribution in [0, 0.1) is 0 Å². The van der Waals surface area contributed by atoms with Crippen LogP contribution < -0.4 is 15.0 Å². The molecule has 0 bridgehead atoms. The number of rotatable bonds is 7. The van der Waals surface area contributed by atoms with Gasteiger partial charge in [0.25, 0.3) is 5.56 Å². The van der Waals surface area contributed by atoms with Gasteiger partial charge in [-0.25, -0.2) is 4.98 Å². The SMILES string of the molecule is CCCCOc1ccc(/C=C/c2nc3ccccc3[nH]c2=O)cc1OC. The summed E-state index contributed by atoms with van der Waals surface area (Å²) in [5.74, 6) is 1.39. The lowest BCUT2D eigenvalue weighted by Crippen LogP contribution is -2.11. The van der Waals surface area contributed by atoms with Gasteiger partial charge in [0.05, 0.1) is 24.8 Å². The number of nitrogens with one attached hydrogen (secondary N) is 1. The van der Waals surface area contributed by atoms with Crippen molar-refractivity contribution < 1.29 is 9.47 Å². The fraction of sp³-hybridized carbons (Fsp3) is 0.238. The number of hydrogen-bond acceptors (Lipinski definition) is 4. The molecule has 134 valence electrons. The standard InChI is InChI=1S/C21H22N2O3/c1-3-4-13-26-19-12-10-15(14-20(19)25-2)9-11-18-21(24)23-17-8-6-5-7-16(17)22-18/h5-12,14H,3-4,13H2,1-2H3,(H,23,24)/b11-9+. The molecule has 1 N–H and O–H groups in total. The van der Waals surface area contributed by atoms with Crippen LogP contribution in [0.1, 0.15) is 31.0 Å². The zero-order valence-corrected chi connectivity index (χ0v) is 15.0. The highest BCUT2D eigenvalue weighted by Crippen LogP contribution is 2.29. The van der Waals surface area contributed by atoms with Crippen molar-refractivity contribution in [1.82, 2.24) is 9.97 Å². The lowest BCUT2D eigenvalue weighted by atomic mass is 10.1. The van der Waals surface area contributed by atoms with Crippen molar-refractivity contribution in [2.75, 3.05) is 13.7 Å². The number of aromatic nitrogens is 2. The van der Waals surface area contributed by atoms with Gasteiger partial charge in [-0.1, -0.05) is 37.6 Å². The number of fused-ring (bicyclic) bond motifs is 1. The van der Waals surface area contributed by atoms with Crippen LogP contribution in [0.2, 0.25) is 0 Å². The Hall–Kier alpha value is -3.08. The molecule has 0 spiro atoms. The molecular weight excluding hydrogens is 328 g/mol. The highest BCUT2D eigenvalue weighted by atomic mass is 16.5. The molecule has 5 heteroatoms. The zero-order chi connectivity index (χ0) is 18.4. The number of unbranched alkanes of at least 4 members (excludes halogenated alkanes) is 1. The highest BCUT2D eigenvalue weighted by Gasteiger charge is 2.05. The summed E-state index contributed by atoms with van der Waals surface area (Å²) >= 11 is 0. The predicted molar refractivity (Wildman–Crippen MR) is 105 cm³/mol. The summed E-state index contributed by atoms with van der Waals surface area (Å²) in [7, 11) is 1.62.